The number of rotatable bonds is 4. The molecule has 18 heavy (non-hydrogen) atoms. The fourth-order valence-electron chi connectivity index (χ4n) is 1.99. The summed E-state index contributed by atoms with van der Waals surface area (Å²) in [7, 11) is 0. The van der Waals surface area contributed by atoms with Crippen molar-refractivity contribution in [1.82, 2.24) is 10.3 Å². The molecule has 1 aromatic heterocycles. The first-order valence-corrected chi connectivity index (χ1v) is 5.73. The van der Waals surface area contributed by atoms with E-state index in [4.69, 9.17) is 5.11 Å². The quantitative estimate of drug-likeness (QED) is 0.765. The first kappa shape index (κ1) is 12.2. The number of benzene rings is 1. The summed E-state index contributed by atoms with van der Waals surface area (Å²) in [5, 5.41) is 12.6. The van der Waals surface area contributed by atoms with Gasteiger partial charge in [-0.05, 0) is 13.0 Å². The third-order valence-electron chi connectivity index (χ3n) is 2.74. The lowest BCUT2D eigenvalue weighted by Gasteiger charge is -2.02. The number of fused-ring (bicyclic) bond motifs is 1. The molecule has 94 valence electrons. The van der Waals surface area contributed by atoms with Crippen LogP contribution in [0.2, 0.25) is 0 Å². The zero-order chi connectivity index (χ0) is 13.1. The van der Waals surface area contributed by atoms with Crippen LogP contribution < -0.4 is 5.32 Å². The normalized spacial score (nSPS) is 10.5. The number of hydrogen-bond acceptors (Lipinski definition) is 2. The number of aromatic carboxylic acids is 1. The van der Waals surface area contributed by atoms with E-state index in [-0.39, 0.29) is 18.0 Å². The average Bonchev–Trinajstić information content (AvgIpc) is 2.69. The molecule has 5 heteroatoms. The van der Waals surface area contributed by atoms with Crippen LogP contribution in [0.1, 0.15) is 23.0 Å². The van der Waals surface area contributed by atoms with Crippen molar-refractivity contribution in [3.63, 3.8) is 0 Å². The SMILES string of the molecule is CCNC(=O)Cc1c(C(=O)O)[nH]c2ccccc12. The monoisotopic (exact) mass is 246 g/mol. The van der Waals surface area contributed by atoms with Crippen molar-refractivity contribution < 1.29 is 14.7 Å². The minimum absolute atomic E-state index is 0.0689. The van der Waals surface area contributed by atoms with Gasteiger partial charge in [-0.2, -0.15) is 0 Å². The van der Waals surface area contributed by atoms with E-state index < -0.39 is 5.97 Å². The smallest absolute Gasteiger partial charge is 0.352 e. The van der Waals surface area contributed by atoms with Crippen LogP contribution in [0.5, 0.6) is 0 Å². The highest BCUT2D eigenvalue weighted by molar-refractivity contribution is 5.99. The van der Waals surface area contributed by atoms with Gasteiger partial charge in [0.1, 0.15) is 5.69 Å². The molecule has 2 rings (SSSR count). The number of carboxylic acids is 1. The van der Waals surface area contributed by atoms with E-state index >= 15 is 0 Å². The van der Waals surface area contributed by atoms with Gasteiger partial charge in [0.25, 0.3) is 0 Å². The van der Waals surface area contributed by atoms with Gasteiger partial charge in [0.15, 0.2) is 0 Å². The number of likely N-dealkylation sites (N-methyl/N-ethyl adjacent to an activating group) is 1. The number of aromatic amines is 1. The van der Waals surface area contributed by atoms with Crippen LogP contribution in [0, 0.1) is 0 Å². The highest BCUT2D eigenvalue weighted by Crippen LogP contribution is 2.22. The number of aromatic nitrogens is 1. The fraction of sp³-hybridized carbons (Fsp3) is 0.231. The Bertz CT molecular complexity index is 601. The van der Waals surface area contributed by atoms with Crippen molar-refractivity contribution in [3.05, 3.63) is 35.5 Å². The summed E-state index contributed by atoms with van der Waals surface area (Å²) in [6.07, 6.45) is 0.0689. The molecule has 0 unspecified atom stereocenters. The van der Waals surface area contributed by atoms with E-state index in [0.717, 1.165) is 10.9 Å². The standard InChI is InChI=1S/C13H14N2O3/c1-2-14-11(16)7-9-8-5-3-4-6-10(8)15-12(9)13(17)18/h3-6,15H,2,7H2,1H3,(H,14,16)(H,17,18). The predicted molar refractivity (Wildman–Crippen MR) is 67.6 cm³/mol. The summed E-state index contributed by atoms with van der Waals surface area (Å²) in [6.45, 7) is 2.36. The topological polar surface area (TPSA) is 82.2 Å². The second kappa shape index (κ2) is 4.91. The molecule has 0 radical (unpaired) electrons. The van der Waals surface area contributed by atoms with Crippen LogP contribution in [0.15, 0.2) is 24.3 Å². The number of carbonyl (C=O) groups is 2. The first-order chi connectivity index (χ1) is 8.63. The van der Waals surface area contributed by atoms with Crippen molar-refractivity contribution >= 4 is 22.8 Å². The van der Waals surface area contributed by atoms with Gasteiger partial charge in [-0.15, -0.1) is 0 Å². The largest absolute Gasteiger partial charge is 0.477 e. The Morgan fingerprint density at radius 1 is 1.33 bits per heavy atom. The molecule has 0 aliphatic carbocycles. The molecule has 5 nitrogen and oxygen atoms in total. The molecular formula is C13H14N2O3. The van der Waals surface area contributed by atoms with E-state index in [1.807, 2.05) is 25.1 Å². The lowest BCUT2D eigenvalue weighted by molar-refractivity contribution is -0.120. The highest BCUT2D eigenvalue weighted by atomic mass is 16.4. The highest BCUT2D eigenvalue weighted by Gasteiger charge is 2.18. The summed E-state index contributed by atoms with van der Waals surface area (Å²) in [4.78, 5) is 25.6. The molecule has 1 amide bonds. The molecule has 0 saturated carbocycles. The van der Waals surface area contributed by atoms with Crippen LogP contribution in [0.25, 0.3) is 10.9 Å². The summed E-state index contributed by atoms with van der Waals surface area (Å²) >= 11 is 0. The molecule has 1 aromatic carbocycles. The Morgan fingerprint density at radius 3 is 2.72 bits per heavy atom. The maximum absolute atomic E-state index is 11.6. The first-order valence-electron chi connectivity index (χ1n) is 5.73. The van der Waals surface area contributed by atoms with Crippen molar-refractivity contribution in [3.8, 4) is 0 Å². The van der Waals surface area contributed by atoms with Gasteiger partial charge in [-0.25, -0.2) is 4.79 Å². The third kappa shape index (κ3) is 2.20. The Labute approximate surface area is 104 Å². The van der Waals surface area contributed by atoms with Crippen LogP contribution >= 0.6 is 0 Å². The van der Waals surface area contributed by atoms with Crippen molar-refractivity contribution in [1.29, 1.82) is 0 Å². The zero-order valence-corrected chi connectivity index (χ0v) is 9.99. The van der Waals surface area contributed by atoms with Crippen LogP contribution in [-0.4, -0.2) is 28.5 Å². The molecule has 3 N–H and O–H groups in total. The molecule has 0 saturated heterocycles. The maximum Gasteiger partial charge on any atom is 0.352 e. The van der Waals surface area contributed by atoms with Crippen LogP contribution in [-0.2, 0) is 11.2 Å². The predicted octanol–water partition coefficient (Wildman–Crippen LogP) is 1.54. The maximum atomic E-state index is 11.6. The van der Waals surface area contributed by atoms with E-state index in [1.54, 1.807) is 6.07 Å². The average molecular weight is 246 g/mol. The second-order valence-corrected chi connectivity index (χ2v) is 3.96. The molecule has 1 heterocycles. The molecule has 0 aliphatic heterocycles. The van der Waals surface area contributed by atoms with E-state index in [9.17, 15) is 9.59 Å². The second-order valence-electron chi connectivity index (χ2n) is 3.96. The number of para-hydroxylation sites is 1. The zero-order valence-electron chi connectivity index (χ0n) is 9.99. The van der Waals surface area contributed by atoms with Gasteiger partial charge in [0.05, 0.1) is 6.42 Å². The van der Waals surface area contributed by atoms with E-state index in [1.165, 1.54) is 0 Å². The fourth-order valence-corrected chi connectivity index (χ4v) is 1.99. The van der Waals surface area contributed by atoms with Gasteiger partial charge in [-0.3, -0.25) is 4.79 Å². The van der Waals surface area contributed by atoms with Gasteiger partial charge in [0, 0.05) is 23.0 Å². The molecule has 0 bridgehead atoms. The minimum Gasteiger partial charge on any atom is -0.477 e. The molecule has 2 aromatic rings. The third-order valence-corrected chi connectivity index (χ3v) is 2.74. The van der Waals surface area contributed by atoms with Gasteiger partial charge < -0.3 is 15.4 Å². The Hall–Kier alpha value is -2.30. The molecule has 0 spiro atoms. The lowest BCUT2D eigenvalue weighted by Crippen LogP contribution is -2.25. The summed E-state index contributed by atoms with van der Waals surface area (Å²) in [5.74, 6) is -1.23. The van der Waals surface area contributed by atoms with Crippen molar-refractivity contribution in [2.75, 3.05) is 6.54 Å². The Morgan fingerprint density at radius 2 is 2.06 bits per heavy atom. The van der Waals surface area contributed by atoms with Crippen LogP contribution in [0.4, 0.5) is 0 Å². The minimum atomic E-state index is -1.05. The van der Waals surface area contributed by atoms with Crippen molar-refractivity contribution in [2.24, 2.45) is 0 Å². The molecule has 0 aliphatic rings. The van der Waals surface area contributed by atoms with E-state index in [2.05, 4.69) is 10.3 Å². The Balaban J connectivity index is 2.48. The number of nitrogens with one attached hydrogen (secondary N) is 2. The van der Waals surface area contributed by atoms with Crippen molar-refractivity contribution in [2.45, 2.75) is 13.3 Å². The van der Waals surface area contributed by atoms with Crippen LogP contribution in [0.3, 0.4) is 0 Å². The Kier molecular flexibility index (Phi) is 3.32. The molecular weight excluding hydrogens is 232 g/mol. The number of H-pyrrole nitrogens is 1. The number of amides is 1. The van der Waals surface area contributed by atoms with Gasteiger partial charge in [0.2, 0.25) is 5.91 Å². The lowest BCUT2D eigenvalue weighted by atomic mass is 10.1. The van der Waals surface area contributed by atoms with Gasteiger partial charge >= 0.3 is 5.97 Å². The summed E-state index contributed by atoms with van der Waals surface area (Å²) in [6, 6.07) is 7.25. The number of carbonyl (C=O) groups excluding carboxylic acids is 1. The van der Waals surface area contributed by atoms with Gasteiger partial charge in [-0.1, -0.05) is 18.2 Å². The summed E-state index contributed by atoms with van der Waals surface area (Å²) in [5.41, 5.74) is 1.35. The number of hydrogen-bond donors (Lipinski definition) is 3. The number of carboxylic acid groups (broad SMARTS) is 1. The molecule has 0 fully saturated rings. The summed E-state index contributed by atoms with van der Waals surface area (Å²) < 4.78 is 0. The molecule has 0 atom stereocenters. The van der Waals surface area contributed by atoms with E-state index in [0.29, 0.717) is 12.1 Å².